The third-order valence-corrected chi connectivity index (χ3v) is 3.31. The average molecular weight is 278 g/mol. The lowest BCUT2D eigenvalue weighted by atomic mass is 9.89. The molecule has 0 saturated heterocycles. The predicted molar refractivity (Wildman–Crippen MR) is 76.1 cm³/mol. The summed E-state index contributed by atoms with van der Waals surface area (Å²) in [5.41, 5.74) is 0.553. The summed E-state index contributed by atoms with van der Waals surface area (Å²) in [5.74, 6) is -0.726. The maximum Gasteiger partial charge on any atom is 0.267 e. The summed E-state index contributed by atoms with van der Waals surface area (Å²) in [6, 6.07) is 6.11. The molecule has 1 aromatic heterocycles. The number of carbonyl (C=O) groups is 1. The van der Waals surface area contributed by atoms with E-state index in [-0.39, 0.29) is 29.4 Å². The lowest BCUT2D eigenvalue weighted by Crippen LogP contribution is -2.39. The van der Waals surface area contributed by atoms with E-state index < -0.39 is 6.10 Å². The van der Waals surface area contributed by atoms with E-state index in [0.717, 1.165) is 0 Å². The third kappa shape index (κ3) is 2.99. The lowest BCUT2D eigenvalue weighted by molar-refractivity contribution is 0.0585. The van der Waals surface area contributed by atoms with Crippen molar-refractivity contribution >= 4 is 16.8 Å². The Bertz CT molecular complexity index is 628. The van der Waals surface area contributed by atoms with E-state index in [9.17, 15) is 14.3 Å². The Morgan fingerprint density at radius 2 is 2.15 bits per heavy atom. The van der Waals surface area contributed by atoms with E-state index in [1.54, 1.807) is 12.1 Å². The molecule has 2 aromatic rings. The Kier molecular flexibility index (Phi) is 3.81. The van der Waals surface area contributed by atoms with Gasteiger partial charge in [0, 0.05) is 17.4 Å². The van der Waals surface area contributed by atoms with Gasteiger partial charge in [0.2, 0.25) is 0 Å². The van der Waals surface area contributed by atoms with Gasteiger partial charge in [0.25, 0.3) is 5.91 Å². The summed E-state index contributed by atoms with van der Waals surface area (Å²) in [7, 11) is 0. The first-order valence-corrected chi connectivity index (χ1v) is 6.52. The van der Waals surface area contributed by atoms with Crippen LogP contribution in [0.25, 0.3) is 10.9 Å². The Labute approximate surface area is 117 Å². The molecule has 0 aliphatic carbocycles. The molecule has 1 unspecified atom stereocenters. The normalized spacial score (nSPS) is 13.4. The first-order chi connectivity index (χ1) is 9.29. The number of hydrogen-bond acceptors (Lipinski definition) is 2. The fraction of sp³-hybridized carbons (Fsp3) is 0.400. The molecule has 4 nitrogen and oxygen atoms in total. The first-order valence-electron chi connectivity index (χ1n) is 6.52. The van der Waals surface area contributed by atoms with Crippen molar-refractivity contribution in [3.63, 3.8) is 0 Å². The topological polar surface area (TPSA) is 65.1 Å². The van der Waals surface area contributed by atoms with E-state index in [2.05, 4.69) is 10.3 Å². The summed E-state index contributed by atoms with van der Waals surface area (Å²) in [4.78, 5) is 14.8. The van der Waals surface area contributed by atoms with Gasteiger partial charge in [-0.2, -0.15) is 0 Å². The molecule has 0 aliphatic rings. The molecule has 2 rings (SSSR count). The van der Waals surface area contributed by atoms with Crippen LogP contribution in [0.2, 0.25) is 0 Å². The number of H-pyrrole nitrogens is 1. The molecule has 0 saturated carbocycles. The fourth-order valence-electron chi connectivity index (χ4n) is 1.83. The van der Waals surface area contributed by atoms with Crippen molar-refractivity contribution in [3.8, 4) is 0 Å². The molecule has 1 aromatic carbocycles. The van der Waals surface area contributed by atoms with Crippen LogP contribution in [0.15, 0.2) is 24.3 Å². The van der Waals surface area contributed by atoms with Crippen molar-refractivity contribution in [3.05, 3.63) is 35.8 Å². The highest BCUT2D eigenvalue weighted by molar-refractivity contribution is 5.98. The van der Waals surface area contributed by atoms with Gasteiger partial charge in [-0.05, 0) is 23.6 Å². The van der Waals surface area contributed by atoms with Gasteiger partial charge < -0.3 is 15.4 Å². The summed E-state index contributed by atoms with van der Waals surface area (Å²) >= 11 is 0. The molecule has 20 heavy (non-hydrogen) atoms. The van der Waals surface area contributed by atoms with Gasteiger partial charge in [0.05, 0.1) is 6.10 Å². The Morgan fingerprint density at radius 1 is 1.45 bits per heavy atom. The number of benzene rings is 1. The Morgan fingerprint density at radius 3 is 2.75 bits per heavy atom. The minimum absolute atomic E-state index is 0.153. The van der Waals surface area contributed by atoms with Crippen LogP contribution in [0.4, 0.5) is 4.39 Å². The van der Waals surface area contributed by atoms with Crippen LogP contribution in [0, 0.1) is 11.2 Å². The number of aromatic nitrogens is 1. The van der Waals surface area contributed by atoms with Gasteiger partial charge in [-0.1, -0.05) is 26.8 Å². The number of aromatic amines is 1. The van der Waals surface area contributed by atoms with Gasteiger partial charge in [-0.15, -0.1) is 0 Å². The van der Waals surface area contributed by atoms with E-state index >= 15 is 0 Å². The highest BCUT2D eigenvalue weighted by Crippen LogP contribution is 2.20. The van der Waals surface area contributed by atoms with Crippen molar-refractivity contribution in [2.24, 2.45) is 5.41 Å². The molecule has 108 valence electrons. The highest BCUT2D eigenvalue weighted by Gasteiger charge is 2.23. The number of nitrogens with one attached hydrogen (secondary N) is 2. The molecule has 5 heteroatoms. The summed E-state index contributed by atoms with van der Waals surface area (Å²) in [6.45, 7) is 5.83. The van der Waals surface area contributed by atoms with Crippen molar-refractivity contribution in [2.45, 2.75) is 26.9 Å². The maximum atomic E-state index is 13.5. The van der Waals surface area contributed by atoms with Crippen LogP contribution in [-0.2, 0) is 0 Å². The van der Waals surface area contributed by atoms with Crippen LogP contribution in [0.5, 0.6) is 0 Å². The molecule has 1 atom stereocenters. The molecule has 0 fully saturated rings. The summed E-state index contributed by atoms with van der Waals surface area (Å²) in [5, 5.41) is 12.9. The number of aliphatic hydroxyl groups is 1. The van der Waals surface area contributed by atoms with Crippen molar-refractivity contribution in [1.29, 1.82) is 0 Å². The number of rotatable bonds is 3. The minimum Gasteiger partial charge on any atom is -0.391 e. The summed E-state index contributed by atoms with van der Waals surface area (Å²) in [6.07, 6.45) is -0.646. The monoisotopic (exact) mass is 278 g/mol. The van der Waals surface area contributed by atoms with Crippen molar-refractivity contribution in [2.75, 3.05) is 6.54 Å². The molecular weight excluding hydrogens is 259 g/mol. The van der Waals surface area contributed by atoms with Crippen molar-refractivity contribution < 1.29 is 14.3 Å². The number of carbonyl (C=O) groups excluding carboxylic acids is 1. The number of halogens is 1. The third-order valence-electron chi connectivity index (χ3n) is 3.31. The van der Waals surface area contributed by atoms with Crippen LogP contribution >= 0.6 is 0 Å². The number of hydrogen-bond donors (Lipinski definition) is 3. The van der Waals surface area contributed by atoms with Crippen LogP contribution in [0.1, 0.15) is 31.3 Å². The largest absolute Gasteiger partial charge is 0.391 e. The van der Waals surface area contributed by atoms with Crippen LogP contribution in [0.3, 0.4) is 0 Å². The quantitative estimate of drug-likeness (QED) is 0.807. The maximum absolute atomic E-state index is 13.5. The van der Waals surface area contributed by atoms with Gasteiger partial charge in [0.15, 0.2) is 0 Å². The number of amides is 1. The second-order valence-corrected chi connectivity index (χ2v) is 5.98. The molecule has 1 amide bonds. The van der Waals surface area contributed by atoms with Gasteiger partial charge in [-0.3, -0.25) is 4.79 Å². The van der Waals surface area contributed by atoms with E-state index in [0.29, 0.717) is 10.9 Å². The molecule has 0 aliphatic heterocycles. The van der Waals surface area contributed by atoms with E-state index in [1.807, 2.05) is 20.8 Å². The zero-order valence-corrected chi connectivity index (χ0v) is 11.8. The SMILES string of the molecule is CC(C)(C)C(O)CNC(=O)c1cc2c(F)cccc2[nH]1. The molecular formula is C15H19FN2O2. The lowest BCUT2D eigenvalue weighted by Gasteiger charge is -2.25. The molecule has 0 spiro atoms. The fourth-order valence-corrected chi connectivity index (χ4v) is 1.83. The summed E-state index contributed by atoms with van der Waals surface area (Å²) < 4.78 is 13.5. The van der Waals surface area contributed by atoms with Gasteiger partial charge in [0.1, 0.15) is 11.5 Å². The molecule has 0 radical (unpaired) electrons. The smallest absolute Gasteiger partial charge is 0.267 e. The number of aliphatic hydroxyl groups excluding tert-OH is 1. The highest BCUT2D eigenvalue weighted by atomic mass is 19.1. The minimum atomic E-state index is -0.646. The van der Waals surface area contributed by atoms with Gasteiger partial charge in [-0.25, -0.2) is 4.39 Å². The molecule has 3 N–H and O–H groups in total. The van der Waals surface area contributed by atoms with Crippen LogP contribution in [-0.4, -0.2) is 28.6 Å². The molecule has 0 bridgehead atoms. The second kappa shape index (κ2) is 5.25. The van der Waals surface area contributed by atoms with E-state index in [4.69, 9.17) is 0 Å². The Hall–Kier alpha value is -1.88. The first kappa shape index (κ1) is 14.5. The van der Waals surface area contributed by atoms with Crippen LogP contribution < -0.4 is 5.32 Å². The standard InChI is InChI=1S/C15H19FN2O2/c1-15(2,3)13(19)8-17-14(20)12-7-9-10(16)5-4-6-11(9)18-12/h4-7,13,18-19H,8H2,1-3H3,(H,17,20). The van der Waals surface area contributed by atoms with Gasteiger partial charge >= 0.3 is 0 Å². The predicted octanol–water partition coefficient (Wildman–Crippen LogP) is 2.44. The molecule has 1 heterocycles. The second-order valence-electron chi connectivity index (χ2n) is 5.98. The zero-order valence-electron chi connectivity index (χ0n) is 11.8. The van der Waals surface area contributed by atoms with Crippen molar-refractivity contribution in [1.82, 2.24) is 10.3 Å². The zero-order chi connectivity index (χ0) is 14.9. The number of fused-ring (bicyclic) bond motifs is 1. The average Bonchev–Trinajstić information content (AvgIpc) is 2.79. The Balaban J connectivity index is 2.10. The van der Waals surface area contributed by atoms with E-state index in [1.165, 1.54) is 12.1 Å².